The summed E-state index contributed by atoms with van der Waals surface area (Å²) in [6, 6.07) is 1.07. The van der Waals surface area contributed by atoms with E-state index in [9.17, 15) is 18.7 Å². The lowest BCUT2D eigenvalue weighted by atomic mass is 10.1. The van der Waals surface area contributed by atoms with E-state index >= 15 is 0 Å². The van der Waals surface area contributed by atoms with Crippen molar-refractivity contribution in [1.82, 2.24) is 10.3 Å². The summed E-state index contributed by atoms with van der Waals surface area (Å²) in [6.45, 7) is 2.91. The van der Waals surface area contributed by atoms with E-state index in [1.807, 2.05) is 0 Å². The normalized spacial score (nSPS) is 11.3. The Hall–Kier alpha value is -1.56. The van der Waals surface area contributed by atoms with Gasteiger partial charge >= 0.3 is 0 Å². The summed E-state index contributed by atoms with van der Waals surface area (Å²) < 4.78 is 25.8. The Morgan fingerprint density at radius 3 is 2.75 bits per heavy atom. The molecule has 2 N–H and O–H groups in total. The summed E-state index contributed by atoms with van der Waals surface area (Å²) >= 11 is 0. The minimum absolute atomic E-state index is 0.0603. The van der Waals surface area contributed by atoms with Crippen molar-refractivity contribution in [3.63, 3.8) is 0 Å². The fraction of sp³-hybridized carbons (Fsp3) is 0.400. The molecule has 0 saturated carbocycles. The monoisotopic (exact) mass is 230 g/mol. The number of nitrogens with zero attached hydrogens (tertiary/aromatic N) is 1. The molecule has 4 nitrogen and oxygen atoms in total. The molecule has 0 unspecified atom stereocenters. The maximum Gasteiger partial charge on any atom is 0.254 e. The second-order valence-corrected chi connectivity index (χ2v) is 3.96. The van der Waals surface area contributed by atoms with Crippen molar-refractivity contribution >= 4 is 5.91 Å². The minimum atomic E-state index is -1.32. The van der Waals surface area contributed by atoms with Crippen LogP contribution in [0.1, 0.15) is 24.2 Å². The molecule has 0 radical (unpaired) electrons. The van der Waals surface area contributed by atoms with Crippen molar-refractivity contribution in [2.45, 2.75) is 19.4 Å². The van der Waals surface area contributed by atoms with E-state index in [0.29, 0.717) is 0 Å². The SMILES string of the molecule is CC(C)(O)CNC(=O)c1ccnc(F)c1F. The summed E-state index contributed by atoms with van der Waals surface area (Å²) in [7, 11) is 0. The van der Waals surface area contributed by atoms with Crippen LogP contribution in [0, 0.1) is 11.8 Å². The molecule has 1 heterocycles. The summed E-state index contributed by atoms with van der Waals surface area (Å²) in [5, 5.41) is 11.6. The van der Waals surface area contributed by atoms with Crippen molar-refractivity contribution in [1.29, 1.82) is 0 Å². The van der Waals surface area contributed by atoms with Gasteiger partial charge in [0.2, 0.25) is 5.95 Å². The number of hydrogen-bond donors (Lipinski definition) is 2. The molecule has 16 heavy (non-hydrogen) atoms. The highest BCUT2D eigenvalue weighted by atomic mass is 19.2. The van der Waals surface area contributed by atoms with Crippen LogP contribution in [-0.4, -0.2) is 28.1 Å². The Balaban J connectivity index is 2.78. The number of carbonyl (C=O) groups is 1. The molecule has 0 atom stereocenters. The number of halogens is 2. The Morgan fingerprint density at radius 2 is 2.19 bits per heavy atom. The quantitative estimate of drug-likeness (QED) is 0.757. The third kappa shape index (κ3) is 3.23. The lowest BCUT2D eigenvalue weighted by Gasteiger charge is -2.17. The summed E-state index contributed by atoms with van der Waals surface area (Å²) in [5.41, 5.74) is -1.55. The van der Waals surface area contributed by atoms with Crippen LogP contribution in [0.4, 0.5) is 8.78 Å². The maximum atomic E-state index is 13.1. The van der Waals surface area contributed by atoms with Crippen molar-refractivity contribution in [3.8, 4) is 0 Å². The smallest absolute Gasteiger partial charge is 0.254 e. The molecule has 1 amide bonds. The Kier molecular flexibility index (Phi) is 3.54. The van der Waals surface area contributed by atoms with E-state index in [1.165, 1.54) is 13.8 Å². The van der Waals surface area contributed by atoms with E-state index in [1.54, 1.807) is 0 Å². The molecule has 0 saturated heterocycles. The van der Waals surface area contributed by atoms with Crippen LogP contribution in [0.2, 0.25) is 0 Å². The van der Waals surface area contributed by atoms with Gasteiger partial charge in [0, 0.05) is 12.7 Å². The lowest BCUT2D eigenvalue weighted by Crippen LogP contribution is -2.38. The zero-order valence-electron chi connectivity index (χ0n) is 8.92. The van der Waals surface area contributed by atoms with E-state index in [2.05, 4.69) is 10.3 Å². The van der Waals surface area contributed by atoms with Gasteiger partial charge in [0.15, 0.2) is 5.82 Å². The van der Waals surface area contributed by atoms with Gasteiger partial charge < -0.3 is 10.4 Å². The van der Waals surface area contributed by atoms with E-state index in [4.69, 9.17) is 0 Å². The van der Waals surface area contributed by atoms with Crippen molar-refractivity contribution in [2.75, 3.05) is 6.54 Å². The fourth-order valence-corrected chi connectivity index (χ4v) is 0.985. The molecule has 0 fully saturated rings. The van der Waals surface area contributed by atoms with Gasteiger partial charge in [-0.2, -0.15) is 4.39 Å². The number of rotatable bonds is 3. The number of amides is 1. The van der Waals surface area contributed by atoms with Crippen LogP contribution in [0.25, 0.3) is 0 Å². The number of carbonyl (C=O) groups excluding carboxylic acids is 1. The highest BCUT2D eigenvalue weighted by molar-refractivity contribution is 5.94. The largest absolute Gasteiger partial charge is 0.389 e. The van der Waals surface area contributed by atoms with Gasteiger partial charge in [0.25, 0.3) is 5.91 Å². The predicted octanol–water partition coefficient (Wildman–Crippen LogP) is 0.861. The number of aliphatic hydroxyl groups is 1. The zero-order chi connectivity index (χ0) is 12.3. The molecule has 0 bridgehead atoms. The molecule has 0 spiro atoms. The third-order valence-corrected chi connectivity index (χ3v) is 1.77. The van der Waals surface area contributed by atoms with Gasteiger partial charge in [-0.05, 0) is 19.9 Å². The van der Waals surface area contributed by atoms with Crippen LogP contribution in [0.3, 0.4) is 0 Å². The fourth-order valence-electron chi connectivity index (χ4n) is 0.985. The maximum absolute atomic E-state index is 13.1. The molecular formula is C10H12F2N2O2. The molecule has 0 aliphatic rings. The first kappa shape index (κ1) is 12.5. The van der Waals surface area contributed by atoms with Crippen molar-refractivity contribution in [2.24, 2.45) is 0 Å². The van der Waals surface area contributed by atoms with Crippen LogP contribution >= 0.6 is 0 Å². The second-order valence-electron chi connectivity index (χ2n) is 3.96. The number of pyridine rings is 1. The van der Waals surface area contributed by atoms with E-state index < -0.39 is 28.8 Å². The molecule has 0 aromatic carbocycles. The van der Waals surface area contributed by atoms with Gasteiger partial charge in [0.05, 0.1) is 11.2 Å². The van der Waals surface area contributed by atoms with Crippen LogP contribution in [0.15, 0.2) is 12.3 Å². The van der Waals surface area contributed by atoms with Gasteiger partial charge in [-0.1, -0.05) is 0 Å². The Morgan fingerprint density at radius 1 is 1.56 bits per heavy atom. The molecular weight excluding hydrogens is 218 g/mol. The van der Waals surface area contributed by atoms with Gasteiger partial charge in [-0.3, -0.25) is 4.79 Å². The molecule has 6 heteroatoms. The van der Waals surface area contributed by atoms with Crippen LogP contribution in [-0.2, 0) is 0 Å². The van der Waals surface area contributed by atoms with Gasteiger partial charge in [0.1, 0.15) is 0 Å². The second kappa shape index (κ2) is 4.52. The zero-order valence-corrected chi connectivity index (χ0v) is 8.92. The average Bonchev–Trinajstić information content (AvgIpc) is 2.17. The van der Waals surface area contributed by atoms with Gasteiger partial charge in [-0.25, -0.2) is 9.37 Å². The first-order valence-electron chi connectivity index (χ1n) is 4.62. The highest BCUT2D eigenvalue weighted by Gasteiger charge is 2.19. The summed E-state index contributed by atoms with van der Waals surface area (Å²) in [5.74, 6) is -3.41. The number of aromatic nitrogens is 1. The first-order valence-corrected chi connectivity index (χ1v) is 4.62. The molecule has 0 aliphatic heterocycles. The summed E-state index contributed by atoms with van der Waals surface area (Å²) in [6.07, 6.45) is 0.997. The molecule has 1 aromatic heterocycles. The highest BCUT2D eigenvalue weighted by Crippen LogP contribution is 2.09. The molecule has 0 aliphatic carbocycles. The Labute approximate surface area is 91.3 Å². The minimum Gasteiger partial charge on any atom is -0.389 e. The molecule has 1 aromatic rings. The van der Waals surface area contributed by atoms with Crippen LogP contribution in [0.5, 0.6) is 0 Å². The molecule has 88 valence electrons. The first-order chi connectivity index (χ1) is 7.31. The topological polar surface area (TPSA) is 62.2 Å². The Bertz CT molecular complexity index is 402. The summed E-state index contributed by atoms with van der Waals surface area (Å²) in [4.78, 5) is 14.5. The standard InChI is InChI=1S/C10H12F2N2O2/c1-10(2,16)5-14-9(15)6-3-4-13-8(12)7(6)11/h3-4,16H,5H2,1-2H3,(H,14,15). The van der Waals surface area contributed by atoms with Crippen LogP contribution < -0.4 is 5.32 Å². The average molecular weight is 230 g/mol. The van der Waals surface area contributed by atoms with Gasteiger partial charge in [-0.15, -0.1) is 0 Å². The number of hydrogen-bond acceptors (Lipinski definition) is 3. The molecule has 1 rings (SSSR count). The van der Waals surface area contributed by atoms with Crippen molar-refractivity contribution in [3.05, 3.63) is 29.6 Å². The lowest BCUT2D eigenvalue weighted by molar-refractivity contribution is 0.0691. The van der Waals surface area contributed by atoms with E-state index in [-0.39, 0.29) is 6.54 Å². The van der Waals surface area contributed by atoms with Crippen molar-refractivity contribution < 1.29 is 18.7 Å². The van der Waals surface area contributed by atoms with E-state index in [0.717, 1.165) is 12.3 Å². The predicted molar refractivity (Wildman–Crippen MR) is 52.8 cm³/mol. The number of nitrogens with one attached hydrogen (secondary N) is 1. The third-order valence-electron chi connectivity index (χ3n) is 1.77.